The molecule has 0 N–H and O–H groups in total. The SMILES string of the molecule is N#Cc1cc(OC2(c3cccc(Cl)c3)CCCCC2)ccc1F. The van der Waals surface area contributed by atoms with Crippen LogP contribution in [0.5, 0.6) is 5.75 Å². The zero-order chi connectivity index (χ0) is 16.3. The Balaban J connectivity index is 1.99. The predicted molar refractivity (Wildman–Crippen MR) is 88.0 cm³/mol. The van der Waals surface area contributed by atoms with Gasteiger partial charge in [-0.25, -0.2) is 4.39 Å². The van der Waals surface area contributed by atoms with Crippen LogP contribution in [0.1, 0.15) is 43.2 Å². The van der Waals surface area contributed by atoms with Crippen LogP contribution in [0.3, 0.4) is 0 Å². The molecule has 118 valence electrons. The minimum absolute atomic E-state index is 0.000413. The van der Waals surface area contributed by atoms with E-state index in [4.69, 9.17) is 21.6 Å². The van der Waals surface area contributed by atoms with Gasteiger partial charge in [0.2, 0.25) is 0 Å². The van der Waals surface area contributed by atoms with Gasteiger partial charge in [-0.05, 0) is 55.5 Å². The predicted octanol–water partition coefficient (Wildman–Crippen LogP) is 5.59. The Kier molecular flexibility index (Phi) is 4.54. The number of benzene rings is 2. The molecule has 0 bridgehead atoms. The summed E-state index contributed by atoms with van der Waals surface area (Å²) in [5, 5.41) is 9.68. The average Bonchev–Trinajstić information content (AvgIpc) is 2.57. The summed E-state index contributed by atoms with van der Waals surface area (Å²) in [6.07, 6.45) is 5.08. The normalized spacial score (nSPS) is 16.6. The summed E-state index contributed by atoms with van der Waals surface area (Å²) < 4.78 is 19.8. The highest BCUT2D eigenvalue weighted by Crippen LogP contribution is 2.42. The van der Waals surface area contributed by atoms with Crippen molar-refractivity contribution in [3.63, 3.8) is 0 Å². The van der Waals surface area contributed by atoms with Crippen LogP contribution in [0.2, 0.25) is 5.02 Å². The zero-order valence-corrected chi connectivity index (χ0v) is 13.4. The van der Waals surface area contributed by atoms with Crippen LogP contribution in [-0.4, -0.2) is 0 Å². The van der Waals surface area contributed by atoms with Gasteiger partial charge in [0.1, 0.15) is 23.2 Å². The van der Waals surface area contributed by atoms with E-state index in [0.29, 0.717) is 10.8 Å². The second-order valence-electron chi connectivity index (χ2n) is 5.92. The summed E-state index contributed by atoms with van der Waals surface area (Å²) in [7, 11) is 0. The van der Waals surface area contributed by atoms with E-state index in [1.165, 1.54) is 18.6 Å². The third kappa shape index (κ3) is 3.33. The first-order chi connectivity index (χ1) is 11.1. The molecular formula is C19H17ClFNO. The fourth-order valence-electron chi connectivity index (χ4n) is 3.22. The minimum atomic E-state index is -0.528. The van der Waals surface area contributed by atoms with Gasteiger partial charge in [0.25, 0.3) is 0 Å². The van der Waals surface area contributed by atoms with Gasteiger partial charge in [0.15, 0.2) is 0 Å². The Morgan fingerprint density at radius 1 is 1.09 bits per heavy atom. The Morgan fingerprint density at radius 2 is 1.87 bits per heavy atom. The molecule has 0 unspecified atom stereocenters. The summed E-state index contributed by atoms with van der Waals surface area (Å²) in [5.41, 5.74) is 0.570. The first kappa shape index (κ1) is 15.8. The van der Waals surface area contributed by atoms with Crippen molar-refractivity contribution in [2.24, 2.45) is 0 Å². The molecule has 0 radical (unpaired) electrons. The summed E-state index contributed by atoms with van der Waals surface area (Å²) in [5.74, 6) is -0.00914. The van der Waals surface area contributed by atoms with Crippen molar-refractivity contribution in [1.29, 1.82) is 5.26 Å². The van der Waals surface area contributed by atoms with Gasteiger partial charge in [0.05, 0.1) is 5.56 Å². The largest absolute Gasteiger partial charge is 0.483 e. The molecule has 0 aliphatic heterocycles. The number of nitriles is 1. The van der Waals surface area contributed by atoms with E-state index < -0.39 is 11.4 Å². The fourth-order valence-corrected chi connectivity index (χ4v) is 3.41. The van der Waals surface area contributed by atoms with Crippen molar-refractivity contribution in [2.45, 2.75) is 37.7 Å². The molecule has 0 heterocycles. The van der Waals surface area contributed by atoms with E-state index in [-0.39, 0.29) is 5.56 Å². The van der Waals surface area contributed by atoms with Crippen LogP contribution in [0.25, 0.3) is 0 Å². The molecule has 1 aliphatic rings. The lowest BCUT2D eigenvalue weighted by atomic mass is 9.79. The second-order valence-corrected chi connectivity index (χ2v) is 6.36. The number of rotatable bonds is 3. The van der Waals surface area contributed by atoms with Crippen molar-refractivity contribution in [3.8, 4) is 11.8 Å². The van der Waals surface area contributed by atoms with Crippen molar-refractivity contribution in [2.75, 3.05) is 0 Å². The average molecular weight is 330 g/mol. The molecule has 1 aliphatic carbocycles. The molecular weight excluding hydrogens is 313 g/mol. The Hall–Kier alpha value is -2.05. The molecule has 0 amide bonds. The van der Waals surface area contributed by atoms with Crippen molar-refractivity contribution < 1.29 is 9.13 Å². The van der Waals surface area contributed by atoms with Crippen LogP contribution >= 0.6 is 11.6 Å². The summed E-state index contributed by atoms with van der Waals surface area (Å²) in [6.45, 7) is 0. The molecule has 1 fully saturated rings. The third-order valence-electron chi connectivity index (χ3n) is 4.38. The van der Waals surface area contributed by atoms with Gasteiger partial charge >= 0.3 is 0 Å². The van der Waals surface area contributed by atoms with Gasteiger partial charge < -0.3 is 4.74 Å². The topological polar surface area (TPSA) is 33.0 Å². The minimum Gasteiger partial charge on any atom is -0.483 e. The molecule has 1 saturated carbocycles. The van der Waals surface area contributed by atoms with E-state index in [0.717, 1.165) is 31.2 Å². The molecule has 0 saturated heterocycles. The molecule has 0 aromatic heterocycles. The summed E-state index contributed by atoms with van der Waals surface area (Å²) >= 11 is 6.15. The van der Waals surface area contributed by atoms with Gasteiger partial charge in [0, 0.05) is 11.1 Å². The first-order valence-electron chi connectivity index (χ1n) is 7.78. The van der Waals surface area contributed by atoms with E-state index >= 15 is 0 Å². The molecule has 2 nitrogen and oxygen atoms in total. The van der Waals surface area contributed by atoms with Gasteiger partial charge in [-0.1, -0.05) is 30.2 Å². The number of hydrogen-bond acceptors (Lipinski definition) is 2. The number of halogens is 2. The Bertz CT molecular complexity index is 747. The van der Waals surface area contributed by atoms with E-state index in [2.05, 4.69) is 0 Å². The zero-order valence-electron chi connectivity index (χ0n) is 12.7. The van der Waals surface area contributed by atoms with Crippen LogP contribution in [0.15, 0.2) is 42.5 Å². The quantitative estimate of drug-likeness (QED) is 0.735. The van der Waals surface area contributed by atoms with Crippen molar-refractivity contribution >= 4 is 11.6 Å². The maximum Gasteiger partial charge on any atom is 0.141 e. The van der Waals surface area contributed by atoms with Gasteiger partial charge in [-0.15, -0.1) is 0 Å². The number of nitrogens with zero attached hydrogens (tertiary/aromatic N) is 1. The highest BCUT2D eigenvalue weighted by molar-refractivity contribution is 6.30. The third-order valence-corrected chi connectivity index (χ3v) is 4.62. The lowest BCUT2D eigenvalue weighted by Gasteiger charge is -2.38. The fraction of sp³-hybridized carbons (Fsp3) is 0.316. The van der Waals surface area contributed by atoms with Crippen molar-refractivity contribution in [1.82, 2.24) is 0 Å². The lowest BCUT2D eigenvalue weighted by Crippen LogP contribution is -2.35. The maximum absolute atomic E-state index is 13.5. The molecule has 0 atom stereocenters. The second kappa shape index (κ2) is 6.60. The lowest BCUT2D eigenvalue weighted by molar-refractivity contribution is 0.0262. The van der Waals surface area contributed by atoms with Crippen LogP contribution in [-0.2, 0) is 5.60 Å². The molecule has 23 heavy (non-hydrogen) atoms. The highest BCUT2D eigenvalue weighted by Gasteiger charge is 2.36. The van der Waals surface area contributed by atoms with Crippen molar-refractivity contribution in [3.05, 3.63) is 64.4 Å². The van der Waals surface area contributed by atoms with Crippen LogP contribution in [0.4, 0.5) is 4.39 Å². The molecule has 0 spiro atoms. The smallest absolute Gasteiger partial charge is 0.141 e. The van der Waals surface area contributed by atoms with Crippen LogP contribution in [0, 0.1) is 17.1 Å². The Labute approximate surface area is 140 Å². The maximum atomic E-state index is 13.5. The molecule has 2 aromatic carbocycles. The van der Waals surface area contributed by atoms with Gasteiger partial charge in [-0.3, -0.25) is 0 Å². The molecule has 2 aromatic rings. The molecule has 3 rings (SSSR count). The van der Waals surface area contributed by atoms with E-state index in [1.807, 2.05) is 30.3 Å². The number of hydrogen-bond donors (Lipinski definition) is 0. The summed E-state index contributed by atoms with van der Waals surface area (Å²) in [6, 6.07) is 13.9. The van der Waals surface area contributed by atoms with E-state index in [9.17, 15) is 4.39 Å². The Morgan fingerprint density at radius 3 is 2.57 bits per heavy atom. The summed E-state index contributed by atoms with van der Waals surface area (Å²) in [4.78, 5) is 0. The molecule has 4 heteroatoms. The standard InChI is InChI=1S/C19H17ClFNO/c20-16-6-4-5-15(12-16)19(9-2-1-3-10-19)23-17-7-8-18(21)14(11-17)13-22/h4-8,11-12H,1-3,9-10H2. The monoisotopic (exact) mass is 329 g/mol. The highest BCUT2D eigenvalue weighted by atomic mass is 35.5. The van der Waals surface area contributed by atoms with E-state index in [1.54, 1.807) is 6.07 Å². The van der Waals surface area contributed by atoms with Crippen LogP contribution < -0.4 is 4.74 Å². The number of ether oxygens (including phenoxy) is 1. The first-order valence-corrected chi connectivity index (χ1v) is 8.15. The van der Waals surface area contributed by atoms with Gasteiger partial charge in [-0.2, -0.15) is 5.26 Å².